The quantitative estimate of drug-likeness (QED) is 0.821. The minimum Gasteiger partial charge on any atom is -0.496 e. The molecule has 1 aromatic rings. The van der Waals surface area contributed by atoms with Gasteiger partial charge in [0.1, 0.15) is 5.75 Å². The van der Waals surface area contributed by atoms with Crippen molar-refractivity contribution in [3.05, 3.63) is 29.3 Å². The summed E-state index contributed by atoms with van der Waals surface area (Å²) < 4.78 is 5.29. The molecule has 0 spiro atoms. The zero-order chi connectivity index (χ0) is 13.1. The summed E-state index contributed by atoms with van der Waals surface area (Å²) in [4.78, 5) is 14.4. The summed E-state index contributed by atoms with van der Waals surface area (Å²) in [6.45, 7) is 1.99. The first-order valence-electron chi connectivity index (χ1n) is 6.55. The largest absolute Gasteiger partial charge is 0.496 e. The van der Waals surface area contributed by atoms with Crippen molar-refractivity contribution in [2.45, 2.75) is 38.6 Å². The highest BCUT2D eigenvalue weighted by molar-refractivity contribution is 5.97. The minimum atomic E-state index is 0.0717. The molecule has 0 heterocycles. The van der Waals surface area contributed by atoms with Crippen molar-refractivity contribution in [1.29, 1.82) is 0 Å². The van der Waals surface area contributed by atoms with Gasteiger partial charge in [0, 0.05) is 13.1 Å². The van der Waals surface area contributed by atoms with Crippen LogP contribution < -0.4 is 4.74 Å². The number of amides is 1. The third kappa shape index (κ3) is 2.50. The van der Waals surface area contributed by atoms with E-state index >= 15 is 0 Å². The number of aryl methyl sites for hydroxylation is 1. The van der Waals surface area contributed by atoms with Crippen molar-refractivity contribution >= 4 is 5.91 Å². The van der Waals surface area contributed by atoms with Crippen molar-refractivity contribution in [1.82, 2.24) is 4.90 Å². The van der Waals surface area contributed by atoms with E-state index < -0.39 is 0 Å². The van der Waals surface area contributed by atoms with Gasteiger partial charge in [-0.3, -0.25) is 4.79 Å². The van der Waals surface area contributed by atoms with E-state index in [1.807, 2.05) is 37.1 Å². The summed E-state index contributed by atoms with van der Waals surface area (Å²) in [5, 5.41) is 0. The number of ether oxygens (including phenoxy) is 1. The van der Waals surface area contributed by atoms with E-state index in [1.54, 1.807) is 7.11 Å². The lowest BCUT2D eigenvalue weighted by molar-refractivity contribution is 0.0731. The summed E-state index contributed by atoms with van der Waals surface area (Å²) >= 11 is 0. The first-order valence-corrected chi connectivity index (χ1v) is 6.55. The first kappa shape index (κ1) is 12.9. The Morgan fingerprint density at radius 2 is 2.00 bits per heavy atom. The molecule has 0 radical (unpaired) electrons. The maximum absolute atomic E-state index is 12.5. The van der Waals surface area contributed by atoms with Crippen LogP contribution in [0.1, 0.15) is 41.6 Å². The maximum Gasteiger partial charge on any atom is 0.257 e. The number of carbonyl (C=O) groups is 1. The van der Waals surface area contributed by atoms with Gasteiger partial charge < -0.3 is 9.64 Å². The van der Waals surface area contributed by atoms with Crippen molar-refractivity contribution in [3.8, 4) is 5.75 Å². The molecule has 2 rings (SSSR count). The van der Waals surface area contributed by atoms with Crippen LogP contribution in [0.3, 0.4) is 0 Å². The van der Waals surface area contributed by atoms with E-state index in [1.165, 1.54) is 12.8 Å². The zero-order valence-electron chi connectivity index (χ0n) is 11.4. The molecule has 1 aliphatic rings. The molecular formula is C15H21NO2. The SMILES string of the molecule is COc1ccc(C)cc1C(=O)N(C)C1CCCC1. The smallest absolute Gasteiger partial charge is 0.257 e. The van der Waals surface area contributed by atoms with E-state index in [4.69, 9.17) is 4.74 Å². The van der Waals surface area contributed by atoms with Gasteiger partial charge >= 0.3 is 0 Å². The van der Waals surface area contributed by atoms with Gasteiger partial charge in [-0.05, 0) is 31.9 Å². The van der Waals surface area contributed by atoms with Crippen LogP contribution in [0.4, 0.5) is 0 Å². The summed E-state index contributed by atoms with van der Waals surface area (Å²) in [5.74, 6) is 0.734. The lowest BCUT2D eigenvalue weighted by atomic mass is 10.1. The molecule has 0 unspecified atom stereocenters. The summed E-state index contributed by atoms with van der Waals surface area (Å²) in [6.07, 6.45) is 4.70. The molecular weight excluding hydrogens is 226 g/mol. The molecule has 1 saturated carbocycles. The minimum absolute atomic E-state index is 0.0717. The summed E-state index contributed by atoms with van der Waals surface area (Å²) in [7, 11) is 3.51. The number of hydrogen-bond donors (Lipinski definition) is 0. The Morgan fingerprint density at radius 3 is 2.61 bits per heavy atom. The van der Waals surface area contributed by atoms with Crippen molar-refractivity contribution in [2.24, 2.45) is 0 Å². The molecule has 0 aromatic heterocycles. The summed E-state index contributed by atoms with van der Waals surface area (Å²) in [6, 6.07) is 6.13. The predicted octanol–water partition coefficient (Wildman–Crippen LogP) is 3.02. The first-order chi connectivity index (χ1) is 8.63. The molecule has 3 nitrogen and oxygen atoms in total. The van der Waals surface area contributed by atoms with Gasteiger partial charge in [0.2, 0.25) is 0 Å². The van der Waals surface area contributed by atoms with Gasteiger partial charge in [-0.15, -0.1) is 0 Å². The van der Waals surface area contributed by atoms with Crippen molar-refractivity contribution in [3.63, 3.8) is 0 Å². The molecule has 18 heavy (non-hydrogen) atoms. The maximum atomic E-state index is 12.5. The Balaban J connectivity index is 2.24. The molecule has 1 fully saturated rings. The molecule has 3 heteroatoms. The fourth-order valence-electron chi connectivity index (χ4n) is 2.64. The highest BCUT2D eigenvalue weighted by Crippen LogP contribution is 2.26. The number of benzene rings is 1. The highest BCUT2D eigenvalue weighted by atomic mass is 16.5. The van der Waals surface area contributed by atoms with E-state index in [2.05, 4.69) is 0 Å². The average Bonchev–Trinajstić information content (AvgIpc) is 2.90. The van der Waals surface area contributed by atoms with E-state index in [0.29, 0.717) is 17.4 Å². The van der Waals surface area contributed by atoms with E-state index in [9.17, 15) is 4.79 Å². The Labute approximate surface area is 109 Å². The number of hydrogen-bond acceptors (Lipinski definition) is 2. The predicted molar refractivity (Wildman–Crippen MR) is 72.1 cm³/mol. The lowest BCUT2D eigenvalue weighted by Crippen LogP contribution is -2.35. The van der Waals surface area contributed by atoms with Crippen LogP contribution in [-0.4, -0.2) is 31.0 Å². The molecule has 1 amide bonds. The topological polar surface area (TPSA) is 29.5 Å². The lowest BCUT2D eigenvalue weighted by Gasteiger charge is -2.25. The van der Waals surface area contributed by atoms with Crippen LogP contribution in [-0.2, 0) is 0 Å². The number of rotatable bonds is 3. The van der Waals surface area contributed by atoms with Gasteiger partial charge in [0.25, 0.3) is 5.91 Å². The second kappa shape index (κ2) is 5.42. The van der Waals surface area contributed by atoms with Gasteiger partial charge in [-0.2, -0.15) is 0 Å². The molecule has 0 aliphatic heterocycles. The van der Waals surface area contributed by atoms with E-state index in [0.717, 1.165) is 18.4 Å². The zero-order valence-corrected chi connectivity index (χ0v) is 11.4. The van der Waals surface area contributed by atoms with Gasteiger partial charge in [-0.1, -0.05) is 24.5 Å². The third-order valence-electron chi connectivity index (χ3n) is 3.78. The standard InChI is InChI=1S/C15H21NO2/c1-11-8-9-14(18-3)13(10-11)15(17)16(2)12-6-4-5-7-12/h8-10,12H,4-7H2,1-3H3. The molecule has 0 saturated heterocycles. The summed E-state index contributed by atoms with van der Waals surface area (Å²) in [5.41, 5.74) is 1.76. The molecule has 98 valence electrons. The van der Waals surface area contributed by atoms with Crippen LogP contribution in [0.5, 0.6) is 5.75 Å². The highest BCUT2D eigenvalue weighted by Gasteiger charge is 2.25. The monoisotopic (exact) mass is 247 g/mol. The van der Waals surface area contributed by atoms with Crippen molar-refractivity contribution in [2.75, 3.05) is 14.2 Å². The Bertz CT molecular complexity index is 436. The molecule has 1 aromatic carbocycles. The van der Waals surface area contributed by atoms with Gasteiger partial charge in [-0.25, -0.2) is 0 Å². The number of nitrogens with zero attached hydrogens (tertiary/aromatic N) is 1. The second-order valence-electron chi connectivity index (χ2n) is 5.06. The van der Waals surface area contributed by atoms with Crippen LogP contribution >= 0.6 is 0 Å². The molecule has 0 atom stereocenters. The Hall–Kier alpha value is -1.51. The Morgan fingerprint density at radius 1 is 1.33 bits per heavy atom. The van der Waals surface area contributed by atoms with Gasteiger partial charge in [0.05, 0.1) is 12.7 Å². The molecule has 0 N–H and O–H groups in total. The second-order valence-corrected chi connectivity index (χ2v) is 5.06. The van der Waals surface area contributed by atoms with Crippen LogP contribution in [0.2, 0.25) is 0 Å². The molecule has 0 bridgehead atoms. The van der Waals surface area contributed by atoms with Gasteiger partial charge in [0.15, 0.2) is 0 Å². The fraction of sp³-hybridized carbons (Fsp3) is 0.533. The number of methoxy groups -OCH3 is 1. The Kier molecular flexibility index (Phi) is 3.90. The number of carbonyl (C=O) groups excluding carboxylic acids is 1. The molecule has 1 aliphatic carbocycles. The van der Waals surface area contributed by atoms with Crippen LogP contribution in [0.15, 0.2) is 18.2 Å². The fourth-order valence-corrected chi connectivity index (χ4v) is 2.64. The van der Waals surface area contributed by atoms with Crippen molar-refractivity contribution < 1.29 is 9.53 Å². The van der Waals surface area contributed by atoms with E-state index in [-0.39, 0.29) is 5.91 Å². The van der Waals surface area contributed by atoms with Crippen LogP contribution in [0.25, 0.3) is 0 Å². The average molecular weight is 247 g/mol. The van der Waals surface area contributed by atoms with Crippen LogP contribution in [0, 0.1) is 6.92 Å². The normalized spacial score (nSPS) is 15.7. The third-order valence-corrected chi connectivity index (χ3v) is 3.78.